The fourth-order valence-electron chi connectivity index (χ4n) is 3.33. The molecular weight excluding hydrogens is 182 g/mol. The minimum absolute atomic E-state index is 0.440. The van der Waals surface area contributed by atoms with Crippen LogP contribution in [0, 0.1) is 10.8 Å². The van der Waals surface area contributed by atoms with Crippen LogP contribution >= 0.6 is 0 Å². The lowest BCUT2D eigenvalue weighted by molar-refractivity contribution is -0.896. The summed E-state index contributed by atoms with van der Waals surface area (Å²) >= 11 is 0. The monoisotopic (exact) mass is 214 g/mol. The van der Waals surface area contributed by atoms with Crippen LogP contribution in [0.1, 0.15) is 54.4 Å². The summed E-state index contributed by atoms with van der Waals surface area (Å²) in [5, 5.41) is 0. The third-order valence-corrected chi connectivity index (χ3v) is 2.69. The van der Waals surface area contributed by atoms with Crippen LogP contribution in [-0.4, -0.2) is 31.7 Å². The SMILES string of the molecule is CCC[N+](C)(C)CC(C)(C)CC(C)(C)C. The predicted octanol–water partition coefficient (Wildman–Crippen LogP) is 3.94. The van der Waals surface area contributed by atoms with Crippen LogP contribution in [0.25, 0.3) is 0 Å². The fourth-order valence-corrected chi connectivity index (χ4v) is 3.33. The quantitative estimate of drug-likeness (QED) is 0.608. The molecule has 0 aliphatic heterocycles. The maximum Gasteiger partial charge on any atom is 0.0834 e. The van der Waals surface area contributed by atoms with E-state index in [2.05, 4.69) is 55.6 Å². The van der Waals surface area contributed by atoms with Gasteiger partial charge in [0, 0.05) is 5.41 Å². The molecule has 0 rings (SSSR count). The summed E-state index contributed by atoms with van der Waals surface area (Å²) in [6, 6.07) is 0. The first-order chi connectivity index (χ1) is 6.47. The molecular formula is C14H32N+. The normalized spacial score (nSPS) is 14.4. The van der Waals surface area contributed by atoms with Crippen LogP contribution in [-0.2, 0) is 0 Å². The molecule has 0 aromatic carbocycles. The van der Waals surface area contributed by atoms with Gasteiger partial charge < -0.3 is 4.48 Å². The molecule has 0 aromatic heterocycles. The van der Waals surface area contributed by atoms with Crippen molar-refractivity contribution in [2.24, 2.45) is 10.8 Å². The number of quaternary nitrogens is 1. The maximum absolute atomic E-state index is 2.41. The van der Waals surface area contributed by atoms with Crippen molar-refractivity contribution < 1.29 is 4.48 Å². The van der Waals surface area contributed by atoms with Crippen LogP contribution in [0.15, 0.2) is 0 Å². The Kier molecular flexibility index (Phi) is 4.85. The average Bonchev–Trinajstić information content (AvgIpc) is 1.74. The first kappa shape index (κ1) is 15.0. The lowest BCUT2D eigenvalue weighted by Crippen LogP contribution is -2.47. The second kappa shape index (κ2) is 4.86. The van der Waals surface area contributed by atoms with Gasteiger partial charge in [-0.1, -0.05) is 41.5 Å². The van der Waals surface area contributed by atoms with E-state index in [0.717, 1.165) is 4.48 Å². The van der Waals surface area contributed by atoms with Crippen molar-refractivity contribution in [2.75, 3.05) is 27.2 Å². The van der Waals surface area contributed by atoms with Crippen molar-refractivity contribution in [2.45, 2.75) is 54.4 Å². The van der Waals surface area contributed by atoms with Crippen LogP contribution in [0.4, 0.5) is 0 Å². The Morgan fingerprint density at radius 2 is 1.40 bits per heavy atom. The maximum atomic E-state index is 2.41. The van der Waals surface area contributed by atoms with Crippen molar-refractivity contribution in [1.82, 2.24) is 0 Å². The number of hydrogen-bond donors (Lipinski definition) is 0. The minimum Gasteiger partial charge on any atom is -0.328 e. The molecule has 1 nitrogen and oxygen atoms in total. The van der Waals surface area contributed by atoms with Gasteiger partial charge in [0.2, 0.25) is 0 Å². The van der Waals surface area contributed by atoms with Crippen molar-refractivity contribution in [3.63, 3.8) is 0 Å². The third-order valence-electron chi connectivity index (χ3n) is 2.69. The fraction of sp³-hybridized carbons (Fsp3) is 1.00. The molecule has 0 aliphatic carbocycles. The largest absolute Gasteiger partial charge is 0.328 e. The lowest BCUT2D eigenvalue weighted by Gasteiger charge is -2.40. The second-order valence-electron chi connectivity index (χ2n) is 7.72. The van der Waals surface area contributed by atoms with Gasteiger partial charge in [0.05, 0.1) is 27.2 Å². The molecule has 0 heterocycles. The highest BCUT2D eigenvalue weighted by Crippen LogP contribution is 2.34. The number of nitrogens with zero attached hydrogens (tertiary/aromatic N) is 1. The highest BCUT2D eigenvalue weighted by atomic mass is 15.3. The van der Waals surface area contributed by atoms with Gasteiger partial charge in [-0.3, -0.25) is 0 Å². The minimum atomic E-state index is 0.440. The summed E-state index contributed by atoms with van der Waals surface area (Å²) in [4.78, 5) is 0. The molecule has 0 aliphatic rings. The smallest absolute Gasteiger partial charge is 0.0834 e. The van der Waals surface area contributed by atoms with Gasteiger partial charge in [-0.05, 0) is 18.3 Å². The lowest BCUT2D eigenvalue weighted by atomic mass is 9.75. The summed E-state index contributed by atoms with van der Waals surface area (Å²) in [6.45, 7) is 16.7. The molecule has 0 N–H and O–H groups in total. The summed E-state index contributed by atoms with van der Waals surface area (Å²) < 4.78 is 1.15. The molecule has 0 amide bonds. The van der Waals surface area contributed by atoms with E-state index in [1.807, 2.05) is 0 Å². The second-order valence-corrected chi connectivity index (χ2v) is 7.72. The Bertz CT molecular complexity index is 184. The summed E-state index contributed by atoms with van der Waals surface area (Å²) in [5.41, 5.74) is 0.882. The third kappa shape index (κ3) is 7.84. The van der Waals surface area contributed by atoms with E-state index in [1.54, 1.807) is 0 Å². The summed E-state index contributed by atoms with van der Waals surface area (Å²) in [6.07, 6.45) is 2.57. The molecule has 0 aromatic rings. The Morgan fingerprint density at radius 3 is 1.73 bits per heavy atom. The molecule has 0 saturated carbocycles. The Hall–Kier alpha value is -0.0400. The molecule has 0 saturated heterocycles. The van der Waals surface area contributed by atoms with E-state index >= 15 is 0 Å². The highest BCUT2D eigenvalue weighted by Gasteiger charge is 2.31. The van der Waals surface area contributed by atoms with E-state index in [1.165, 1.54) is 25.9 Å². The number of hydrogen-bond acceptors (Lipinski definition) is 0. The Labute approximate surface area is 97.5 Å². The first-order valence-electron chi connectivity index (χ1n) is 6.29. The molecule has 15 heavy (non-hydrogen) atoms. The topological polar surface area (TPSA) is 0 Å². The van der Waals surface area contributed by atoms with Gasteiger partial charge in [0.15, 0.2) is 0 Å². The van der Waals surface area contributed by atoms with Gasteiger partial charge >= 0.3 is 0 Å². The zero-order valence-electron chi connectivity index (χ0n) is 12.3. The van der Waals surface area contributed by atoms with E-state index in [4.69, 9.17) is 0 Å². The van der Waals surface area contributed by atoms with Crippen molar-refractivity contribution in [3.8, 4) is 0 Å². The summed E-state index contributed by atoms with van der Waals surface area (Å²) in [5.74, 6) is 0. The first-order valence-corrected chi connectivity index (χ1v) is 6.29. The number of rotatable bonds is 5. The van der Waals surface area contributed by atoms with Crippen molar-refractivity contribution in [1.29, 1.82) is 0 Å². The van der Waals surface area contributed by atoms with Gasteiger partial charge in [-0.2, -0.15) is 0 Å². The molecule has 0 fully saturated rings. The van der Waals surface area contributed by atoms with E-state index in [0.29, 0.717) is 10.8 Å². The van der Waals surface area contributed by atoms with E-state index in [-0.39, 0.29) is 0 Å². The van der Waals surface area contributed by atoms with Crippen LogP contribution in [0.3, 0.4) is 0 Å². The van der Waals surface area contributed by atoms with Crippen LogP contribution in [0.2, 0.25) is 0 Å². The Morgan fingerprint density at radius 1 is 0.933 bits per heavy atom. The average molecular weight is 214 g/mol. The molecule has 92 valence electrons. The highest BCUT2D eigenvalue weighted by molar-refractivity contribution is 4.76. The van der Waals surface area contributed by atoms with Crippen molar-refractivity contribution in [3.05, 3.63) is 0 Å². The Balaban J connectivity index is 4.36. The predicted molar refractivity (Wildman–Crippen MR) is 70.0 cm³/mol. The molecule has 0 radical (unpaired) electrons. The molecule has 0 atom stereocenters. The zero-order chi connectivity index (χ0) is 12.3. The molecule has 0 spiro atoms. The van der Waals surface area contributed by atoms with Gasteiger partial charge in [0.25, 0.3) is 0 Å². The van der Waals surface area contributed by atoms with Crippen LogP contribution < -0.4 is 0 Å². The van der Waals surface area contributed by atoms with E-state index in [9.17, 15) is 0 Å². The van der Waals surface area contributed by atoms with E-state index < -0.39 is 0 Å². The molecule has 1 heteroatoms. The van der Waals surface area contributed by atoms with Crippen molar-refractivity contribution >= 4 is 0 Å². The van der Waals surface area contributed by atoms with Gasteiger partial charge in [0.1, 0.15) is 0 Å². The molecule has 0 unspecified atom stereocenters. The molecule has 0 bridgehead atoms. The summed E-state index contributed by atoms with van der Waals surface area (Å²) in [7, 11) is 4.71. The van der Waals surface area contributed by atoms with Gasteiger partial charge in [-0.15, -0.1) is 0 Å². The zero-order valence-corrected chi connectivity index (χ0v) is 12.3. The standard InChI is InChI=1S/C14H32N/c1-9-10-15(7,8)12-14(5,6)11-13(2,3)4/h9-12H2,1-8H3/q+1. The van der Waals surface area contributed by atoms with Gasteiger partial charge in [-0.25, -0.2) is 0 Å². The van der Waals surface area contributed by atoms with Crippen LogP contribution in [0.5, 0.6) is 0 Å².